The predicted octanol–water partition coefficient (Wildman–Crippen LogP) is 5.38. The summed E-state index contributed by atoms with van der Waals surface area (Å²) in [5, 5.41) is 3.01. The first-order valence-corrected chi connectivity index (χ1v) is 12.3. The lowest BCUT2D eigenvalue weighted by atomic mass is 10.0. The maximum Gasteiger partial charge on any atom is 0.261 e. The Morgan fingerprint density at radius 3 is 2.25 bits per heavy atom. The van der Waals surface area contributed by atoms with Crippen LogP contribution in [0.2, 0.25) is 0 Å². The van der Waals surface area contributed by atoms with Crippen LogP contribution in [-0.2, 0) is 22.6 Å². The second kappa shape index (κ2) is 12.9. The fourth-order valence-corrected chi connectivity index (χ4v) is 4.05. The molecule has 0 radical (unpaired) electrons. The van der Waals surface area contributed by atoms with Gasteiger partial charge in [-0.05, 0) is 62.1 Å². The molecule has 0 aliphatic heterocycles. The first kappa shape index (κ1) is 26.9. The van der Waals surface area contributed by atoms with E-state index in [4.69, 9.17) is 4.74 Å². The number of nitrogens with one attached hydrogen (secondary N) is 1. The Balaban J connectivity index is 1.93. The minimum absolute atomic E-state index is 0.0485. The van der Waals surface area contributed by atoms with Gasteiger partial charge in [0, 0.05) is 24.6 Å². The lowest BCUT2D eigenvalue weighted by molar-refractivity contribution is -0.143. The molecule has 0 bridgehead atoms. The number of halogens is 1. The molecule has 0 heterocycles. The monoisotopic (exact) mass is 490 g/mol. The van der Waals surface area contributed by atoms with Crippen LogP contribution >= 0.6 is 0 Å². The Morgan fingerprint density at radius 2 is 1.61 bits per heavy atom. The zero-order valence-electron chi connectivity index (χ0n) is 21.5. The molecule has 190 valence electrons. The summed E-state index contributed by atoms with van der Waals surface area (Å²) in [6.07, 6.45) is 1.05. The lowest BCUT2D eigenvalue weighted by Gasteiger charge is -2.32. The second-order valence-corrected chi connectivity index (χ2v) is 9.25. The van der Waals surface area contributed by atoms with Gasteiger partial charge in [-0.2, -0.15) is 0 Å². The average molecular weight is 491 g/mol. The molecule has 0 spiro atoms. The molecule has 6 heteroatoms. The van der Waals surface area contributed by atoms with Crippen molar-refractivity contribution in [1.82, 2.24) is 10.2 Å². The highest BCUT2D eigenvalue weighted by Crippen LogP contribution is 2.19. The van der Waals surface area contributed by atoms with Gasteiger partial charge in [0.05, 0.1) is 0 Å². The molecule has 2 amide bonds. The number of hydrogen-bond donors (Lipinski definition) is 1. The molecule has 3 aromatic carbocycles. The van der Waals surface area contributed by atoms with Crippen LogP contribution in [0.1, 0.15) is 42.5 Å². The molecule has 0 saturated carbocycles. The largest absolute Gasteiger partial charge is 0.484 e. The summed E-state index contributed by atoms with van der Waals surface area (Å²) in [5.74, 6) is -0.511. The van der Waals surface area contributed by atoms with E-state index in [2.05, 4.69) is 5.32 Å². The number of ether oxygens (including phenoxy) is 1. The van der Waals surface area contributed by atoms with Crippen LogP contribution in [0, 0.1) is 19.7 Å². The molecule has 5 nitrogen and oxygen atoms in total. The lowest BCUT2D eigenvalue weighted by Crippen LogP contribution is -2.53. The number of nitrogens with zero attached hydrogens (tertiary/aromatic N) is 1. The van der Waals surface area contributed by atoms with Crippen molar-refractivity contribution >= 4 is 11.8 Å². The zero-order valence-corrected chi connectivity index (χ0v) is 21.5. The van der Waals surface area contributed by atoms with Gasteiger partial charge >= 0.3 is 0 Å². The SMILES string of the molecule is CCC(C)NC(=O)C(Cc1ccccc1)N(Cc1ccccc1F)C(=O)COc1cc(C)cc(C)c1. The van der Waals surface area contributed by atoms with Crippen molar-refractivity contribution in [3.8, 4) is 5.75 Å². The molecule has 0 aliphatic carbocycles. The first-order valence-electron chi connectivity index (χ1n) is 12.3. The van der Waals surface area contributed by atoms with Crippen molar-refractivity contribution in [2.75, 3.05) is 6.61 Å². The number of carbonyl (C=O) groups is 2. The van der Waals surface area contributed by atoms with Gasteiger partial charge in [-0.1, -0.05) is 61.5 Å². The Hall–Kier alpha value is -3.67. The average Bonchev–Trinajstić information content (AvgIpc) is 2.85. The van der Waals surface area contributed by atoms with Gasteiger partial charge in [-0.25, -0.2) is 4.39 Å². The summed E-state index contributed by atoms with van der Waals surface area (Å²) < 4.78 is 20.5. The van der Waals surface area contributed by atoms with Gasteiger partial charge in [0.2, 0.25) is 5.91 Å². The highest BCUT2D eigenvalue weighted by atomic mass is 19.1. The quantitative estimate of drug-likeness (QED) is 0.393. The van der Waals surface area contributed by atoms with E-state index in [1.165, 1.54) is 11.0 Å². The van der Waals surface area contributed by atoms with E-state index in [0.717, 1.165) is 23.1 Å². The number of benzene rings is 3. The molecule has 0 aromatic heterocycles. The molecule has 36 heavy (non-hydrogen) atoms. The van der Waals surface area contributed by atoms with Crippen molar-refractivity contribution in [2.24, 2.45) is 0 Å². The second-order valence-electron chi connectivity index (χ2n) is 9.25. The van der Waals surface area contributed by atoms with Gasteiger partial charge in [0.15, 0.2) is 6.61 Å². The van der Waals surface area contributed by atoms with E-state index >= 15 is 0 Å². The highest BCUT2D eigenvalue weighted by Gasteiger charge is 2.31. The van der Waals surface area contributed by atoms with E-state index in [0.29, 0.717) is 17.7 Å². The molecule has 2 unspecified atom stereocenters. The maximum atomic E-state index is 14.6. The number of rotatable bonds is 11. The fraction of sp³-hybridized carbons (Fsp3) is 0.333. The molecule has 1 N–H and O–H groups in total. The minimum Gasteiger partial charge on any atom is -0.484 e. The summed E-state index contributed by atoms with van der Waals surface area (Å²) in [7, 11) is 0. The van der Waals surface area contributed by atoms with Gasteiger partial charge in [0.25, 0.3) is 5.91 Å². The summed E-state index contributed by atoms with van der Waals surface area (Å²) in [5.41, 5.74) is 3.29. The molecular weight excluding hydrogens is 455 g/mol. The summed E-state index contributed by atoms with van der Waals surface area (Å²) >= 11 is 0. The fourth-order valence-electron chi connectivity index (χ4n) is 4.05. The predicted molar refractivity (Wildman–Crippen MR) is 140 cm³/mol. The van der Waals surface area contributed by atoms with Crippen LogP contribution in [0.5, 0.6) is 5.75 Å². The standard InChI is InChI=1S/C30H35FN2O3/c1-5-23(4)32-30(35)28(18-24-11-7-6-8-12-24)33(19-25-13-9-10-14-27(25)31)29(34)20-36-26-16-21(2)15-22(3)17-26/h6-17,23,28H,5,18-20H2,1-4H3,(H,32,35). The normalized spacial score (nSPS) is 12.5. The highest BCUT2D eigenvalue weighted by molar-refractivity contribution is 5.88. The van der Waals surface area contributed by atoms with Crippen LogP contribution in [0.25, 0.3) is 0 Å². The van der Waals surface area contributed by atoms with Gasteiger partial charge in [0.1, 0.15) is 17.6 Å². The molecule has 2 atom stereocenters. The van der Waals surface area contributed by atoms with E-state index in [1.54, 1.807) is 18.2 Å². The Morgan fingerprint density at radius 1 is 0.972 bits per heavy atom. The number of hydrogen-bond acceptors (Lipinski definition) is 3. The van der Waals surface area contributed by atoms with Gasteiger partial charge in [-0.3, -0.25) is 9.59 Å². The number of aryl methyl sites for hydroxylation is 2. The first-order chi connectivity index (χ1) is 17.3. The van der Waals surface area contributed by atoms with E-state index in [1.807, 2.05) is 76.2 Å². The van der Waals surface area contributed by atoms with Crippen LogP contribution in [0.15, 0.2) is 72.8 Å². The Labute approximate surface area is 213 Å². The van der Waals surface area contributed by atoms with E-state index in [9.17, 15) is 14.0 Å². The Bertz CT molecular complexity index is 1150. The number of amides is 2. The van der Waals surface area contributed by atoms with Crippen LogP contribution in [0.3, 0.4) is 0 Å². The van der Waals surface area contributed by atoms with Crippen molar-refractivity contribution in [3.05, 3.63) is 101 Å². The van der Waals surface area contributed by atoms with E-state index in [-0.39, 0.29) is 25.1 Å². The van der Waals surface area contributed by atoms with Crippen molar-refractivity contribution in [3.63, 3.8) is 0 Å². The maximum absolute atomic E-state index is 14.6. The molecular formula is C30H35FN2O3. The third-order valence-corrected chi connectivity index (χ3v) is 6.13. The summed E-state index contributed by atoms with van der Waals surface area (Å²) in [4.78, 5) is 28.5. The van der Waals surface area contributed by atoms with Crippen LogP contribution < -0.4 is 10.1 Å². The third-order valence-electron chi connectivity index (χ3n) is 6.13. The zero-order chi connectivity index (χ0) is 26.1. The molecule has 3 rings (SSSR count). The van der Waals surface area contributed by atoms with Crippen molar-refractivity contribution in [1.29, 1.82) is 0 Å². The molecule has 0 aliphatic rings. The van der Waals surface area contributed by atoms with Gasteiger partial charge < -0.3 is 15.0 Å². The summed E-state index contributed by atoms with van der Waals surface area (Å²) in [6, 6.07) is 20.7. The Kier molecular flexibility index (Phi) is 9.62. The number of carbonyl (C=O) groups excluding carboxylic acids is 2. The van der Waals surface area contributed by atoms with Crippen LogP contribution in [0.4, 0.5) is 4.39 Å². The van der Waals surface area contributed by atoms with Crippen molar-refractivity contribution in [2.45, 2.75) is 59.2 Å². The molecule has 0 saturated heterocycles. The van der Waals surface area contributed by atoms with E-state index < -0.39 is 17.8 Å². The van der Waals surface area contributed by atoms with Gasteiger partial charge in [-0.15, -0.1) is 0 Å². The smallest absolute Gasteiger partial charge is 0.261 e. The van der Waals surface area contributed by atoms with Crippen LogP contribution in [-0.4, -0.2) is 35.4 Å². The molecule has 3 aromatic rings. The topological polar surface area (TPSA) is 58.6 Å². The summed E-state index contributed by atoms with van der Waals surface area (Å²) in [6.45, 7) is 7.51. The minimum atomic E-state index is -0.837. The third kappa shape index (κ3) is 7.67. The molecule has 0 fully saturated rings. The van der Waals surface area contributed by atoms with Crippen molar-refractivity contribution < 1.29 is 18.7 Å².